The molecule has 0 atom stereocenters. The Hall–Kier alpha value is -1.43. The van der Waals surface area contributed by atoms with Crippen LogP contribution in [0.5, 0.6) is 5.75 Å². The Labute approximate surface area is 133 Å². The Morgan fingerprint density at radius 3 is 2.24 bits per heavy atom. The van der Waals surface area contributed by atoms with E-state index < -0.39 is 10.0 Å². The lowest BCUT2D eigenvalue weighted by atomic mass is 10.2. The molecule has 2 rings (SSSR count). The predicted octanol–water partition coefficient (Wildman–Crippen LogP) is 4.11. The number of hydrogen-bond donors (Lipinski definition) is 1. The summed E-state index contributed by atoms with van der Waals surface area (Å²) < 4.78 is 32.3. The van der Waals surface area contributed by atoms with E-state index >= 15 is 0 Å². The van der Waals surface area contributed by atoms with Gasteiger partial charge in [0.2, 0.25) is 0 Å². The number of hydrogen-bond acceptors (Lipinski definition) is 3. The highest BCUT2D eigenvalue weighted by molar-refractivity contribution is 7.92. The van der Waals surface area contributed by atoms with Crippen molar-refractivity contribution in [2.24, 2.45) is 0 Å². The van der Waals surface area contributed by atoms with Gasteiger partial charge in [-0.3, -0.25) is 4.72 Å². The minimum Gasteiger partial charge on any atom is -0.496 e. The molecule has 112 valence electrons. The lowest BCUT2D eigenvalue weighted by molar-refractivity contribution is 0.411. The second-order valence-electron chi connectivity index (χ2n) is 4.33. The number of ether oxygens (including phenoxy) is 1. The summed E-state index contributed by atoms with van der Waals surface area (Å²) in [5, 5.41) is 0.465. The van der Waals surface area contributed by atoms with Crippen molar-refractivity contribution in [1.82, 2.24) is 0 Å². The molecular formula is C14H13Cl2NO3S. The van der Waals surface area contributed by atoms with Gasteiger partial charge in [0.05, 0.1) is 27.7 Å². The van der Waals surface area contributed by atoms with E-state index in [2.05, 4.69) is 4.72 Å². The number of rotatable bonds is 4. The number of methoxy groups -OCH3 is 1. The maximum absolute atomic E-state index is 12.4. The minimum atomic E-state index is -3.78. The average molecular weight is 346 g/mol. The van der Waals surface area contributed by atoms with E-state index in [-0.39, 0.29) is 20.6 Å². The number of halogens is 2. The normalized spacial score (nSPS) is 11.2. The summed E-state index contributed by atoms with van der Waals surface area (Å²) in [4.78, 5) is 0.108. The lowest BCUT2D eigenvalue weighted by Crippen LogP contribution is -2.14. The molecule has 4 nitrogen and oxygen atoms in total. The zero-order valence-electron chi connectivity index (χ0n) is 11.4. The third kappa shape index (κ3) is 3.43. The molecule has 0 aliphatic rings. The average Bonchev–Trinajstić information content (AvgIpc) is 2.43. The first-order valence-corrected chi connectivity index (χ1v) is 8.20. The second-order valence-corrected chi connectivity index (χ2v) is 6.83. The third-order valence-corrected chi connectivity index (χ3v) is 4.85. The SMILES string of the molecule is COc1ccc(S(=O)(=O)Nc2c(Cl)cccc2Cl)cc1C. The predicted molar refractivity (Wildman–Crippen MR) is 85.0 cm³/mol. The molecular weight excluding hydrogens is 333 g/mol. The van der Waals surface area contributed by atoms with Gasteiger partial charge in [-0.25, -0.2) is 8.42 Å². The Balaban J connectivity index is 2.41. The van der Waals surface area contributed by atoms with Crippen LogP contribution in [0.1, 0.15) is 5.56 Å². The summed E-state index contributed by atoms with van der Waals surface area (Å²) in [6, 6.07) is 9.33. The van der Waals surface area contributed by atoms with Gasteiger partial charge < -0.3 is 4.74 Å². The summed E-state index contributed by atoms with van der Waals surface area (Å²) in [6.45, 7) is 1.76. The van der Waals surface area contributed by atoms with Crippen molar-refractivity contribution in [1.29, 1.82) is 0 Å². The van der Waals surface area contributed by atoms with Crippen LogP contribution >= 0.6 is 23.2 Å². The monoisotopic (exact) mass is 345 g/mol. The molecule has 7 heteroatoms. The third-order valence-electron chi connectivity index (χ3n) is 2.88. The Bertz CT molecular complexity index is 756. The van der Waals surface area contributed by atoms with Gasteiger partial charge in [-0.2, -0.15) is 0 Å². The molecule has 0 fully saturated rings. The molecule has 0 saturated heterocycles. The van der Waals surface area contributed by atoms with Crippen LogP contribution in [-0.2, 0) is 10.0 Å². The number of anilines is 1. The van der Waals surface area contributed by atoms with E-state index in [0.717, 1.165) is 0 Å². The number of aryl methyl sites for hydroxylation is 1. The first-order valence-electron chi connectivity index (χ1n) is 5.96. The molecule has 2 aromatic carbocycles. The Kier molecular flexibility index (Phi) is 4.66. The Morgan fingerprint density at radius 1 is 1.10 bits per heavy atom. The Morgan fingerprint density at radius 2 is 1.71 bits per heavy atom. The zero-order chi connectivity index (χ0) is 15.6. The first-order chi connectivity index (χ1) is 9.85. The van der Waals surface area contributed by atoms with E-state index in [1.807, 2.05) is 0 Å². The number of para-hydroxylation sites is 1. The largest absolute Gasteiger partial charge is 0.496 e. The molecule has 1 N–H and O–H groups in total. The van der Waals surface area contributed by atoms with Gasteiger partial charge in [-0.1, -0.05) is 29.3 Å². The van der Waals surface area contributed by atoms with Crippen molar-refractivity contribution >= 4 is 38.9 Å². The fourth-order valence-electron chi connectivity index (χ4n) is 1.81. The summed E-state index contributed by atoms with van der Waals surface area (Å²) in [6.07, 6.45) is 0. The molecule has 0 amide bonds. The summed E-state index contributed by atoms with van der Waals surface area (Å²) in [7, 11) is -2.25. The smallest absolute Gasteiger partial charge is 0.262 e. The van der Waals surface area contributed by atoms with Crippen LogP contribution in [0.3, 0.4) is 0 Å². The molecule has 0 radical (unpaired) electrons. The van der Waals surface area contributed by atoms with E-state index in [1.54, 1.807) is 31.2 Å². The van der Waals surface area contributed by atoms with Gasteiger partial charge in [-0.15, -0.1) is 0 Å². The fraction of sp³-hybridized carbons (Fsp3) is 0.143. The van der Waals surface area contributed by atoms with Crippen LogP contribution in [0.15, 0.2) is 41.3 Å². The van der Waals surface area contributed by atoms with Crippen LogP contribution < -0.4 is 9.46 Å². The number of nitrogens with one attached hydrogen (secondary N) is 1. The van der Waals surface area contributed by atoms with Crippen LogP contribution in [0.2, 0.25) is 10.0 Å². The highest BCUT2D eigenvalue weighted by Gasteiger charge is 2.18. The lowest BCUT2D eigenvalue weighted by Gasteiger charge is -2.12. The van der Waals surface area contributed by atoms with Gasteiger partial charge in [0.15, 0.2) is 0 Å². The van der Waals surface area contributed by atoms with E-state index in [1.165, 1.54) is 19.2 Å². The van der Waals surface area contributed by atoms with Crippen LogP contribution in [0.25, 0.3) is 0 Å². The van der Waals surface area contributed by atoms with Crippen LogP contribution in [0, 0.1) is 6.92 Å². The highest BCUT2D eigenvalue weighted by atomic mass is 35.5. The second kappa shape index (κ2) is 6.13. The quantitative estimate of drug-likeness (QED) is 0.906. The molecule has 2 aromatic rings. The summed E-state index contributed by atoms with van der Waals surface area (Å²) in [5.41, 5.74) is 0.875. The molecule has 0 aromatic heterocycles. The molecule has 0 spiro atoms. The number of benzene rings is 2. The van der Waals surface area contributed by atoms with Gasteiger partial charge in [0.1, 0.15) is 5.75 Å². The van der Waals surface area contributed by atoms with Crippen molar-refractivity contribution in [3.63, 3.8) is 0 Å². The fourth-order valence-corrected chi connectivity index (χ4v) is 3.60. The van der Waals surface area contributed by atoms with Crippen LogP contribution in [0.4, 0.5) is 5.69 Å². The summed E-state index contributed by atoms with van der Waals surface area (Å²) >= 11 is 11.9. The van der Waals surface area contributed by atoms with E-state index in [0.29, 0.717) is 11.3 Å². The van der Waals surface area contributed by atoms with Crippen molar-refractivity contribution in [3.8, 4) is 5.75 Å². The van der Waals surface area contributed by atoms with Gasteiger partial charge in [-0.05, 0) is 42.8 Å². The van der Waals surface area contributed by atoms with E-state index in [4.69, 9.17) is 27.9 Å². The van der Waals surface area contributed by atoms with Crippen molar-refractivity contribution in [2.45, 2.75) is 11.8 Å². The molecule has 0 aliphatic heterocycles. The highest BCUT2D eigenvalue weighted by Crippen LogP contribution is 2.32. The van der Waals surface area contributed by atoms with E-state index in [9.17, 15) is 8.42 Å². The van der Waals surface area contributed by atoms with Crippen molar-refractivity contribution in [3.05, 3.63) is 52.0 Å². The molecule has 0 bridgehead atoms. The molecule has 0 saturated carbocycles. The molecule has 21 heavy (non-hydrogen) atoms. The summed E-state index contributed by atoms with van der Waals surface area (Å²) in [5.74, 6) is 0.615. The van der Waals surface area contributed by atoms with Gasteiger partial charge >= 0.3 is 0 Å². The maximum atomic E-state index is 12.4. The topological polar surface area (TPSA) is 55.4 Å². The van der Waals surface area contributed by atoms with Crippen molar-refractivity contribution < 1.29 is 13.2 Å². The number of sulfonamides is 1. The molecule has 0 aliphatic carbocycles. The minimum absolute atomic E-state index is 0.108. The first kappa shape index (κ1) is 15.9. The van der Waals surface area contributed by atoms with Gasteiger partial charge in [0, 0.05) is 0 Å². The van der Waals surface area contributed by atoms with Gasteiger partial charge in [0.25, 0.3) is 10.0 Å². The molecule has 0 heterocycles. The van der Waals surface area contributed by atoms with Crippen LogP contribution in [-0.4, -0.2) is 15.5 Å². The molecule has 0 unspecified atom stereocenters. The maximum Gasteiger partial charge on any atom is 0.262 e. The standard InChI is InChI=1S/C14H13Cl2NO3S/c1-9-8-10(6-7-13(9)20-2)21(18,19)17-14-11(15)4-3-5-12(14)16/h3-8,17H,1-2H3. The zero-order valence-corrected chi connectivity index (χ0v) is 13.7. The van der Waals surface area contributed by atoms with Crippen molar-refractivity contribution in [2.75, 3.05) is 11.8 Å².